The van der Waals surface area contributed by atoms with Crippen LogP contribution in [-0.4, -0.2) is 45.4 Å². The standard InChI is InChI=1S/C23H29FN6/c1-15-11-27-29(2)23(15)21(25)7-8-22(26)28-19-9-17-13-30(14-18(17)10-19)12-16-5-3-4-6-20(16)24/h3-8,11,17-19,25H,9-10,12-14H2,1-2H3,(H2,26,28)/b8-7-,25-21?/t17-,18?,19?/m0/s1. The summed E-state index contributed by atoms with van der Waals surface area (Å²) in [6, 6.07) is 7.26. The third-order valence-corrected chi connectivity index (χ3v) is 6.28. The van der Waals surface area contributed by atoms with Gasteiger partial charge in [-0.1, -0.05) is 18.2 Å². The molecule has 0 bridgehead atoms. The highest BCUT2D eigenvalue weighted by Crippen LogP contribution is 2.40. The number of fused-ring (bicyclic) bond motifs is 1. The molecule has 1 saturated carbocycles. The van der Waals surface area contributed by atoms with Crippen molar-refractivity contribution in [1.82, 2.24) is 14.7 Å². The first-order valence-corrected chi connectivity index (χ1v) is 10.5. The number of allylic oxidation sites excluding steroid dienone is 1. The minimum Gasteiger partial charge on any atom is -0.384 e. The Bertz CT molecular complexity index is 958. The molecule has 2 aromatic rings. The quantitative estimate of drug-likeness (QED) is 0.569. The van der Waals surface area contributed by atoms with Crippen LogP contribution in [0.3, 0.4) is 0 Å². The van der Waals surface area contributed by atoms with Crippen molar-refractivity contribution in [3.8, 4) is 0 Å². The number of aliphatic imine (C=N–C) groups is 1. The molecule has 1 aliphatic carbocycles. The smallest absolute Gasteiger partial charge is 0.127 e. The molecule has 2 heterocycles. The number of aromatic nitrogens is 2. The molecule has 158 valence electrons. The molecule has 7 heteroatoms. The van der Waals surface area contributed by atoms with Crippen LogP contribution in [0.1, 0.15) is 29.7 Å². The number of halogens is 1. The van der Waals surface area contributed by atoms with Crippen molar-refractivity contribution in [2.45, 2.75) is 32.4 Å². The average Bonchev–Trinajstić information content (AvgIpc) is 3.34. The molecule has 2 fully saturated rings. The van der Waals surface area contributed by atoms with Crippen LogP contribution in [0.25, 0.3) is 0 Å². The number of amidine groups is 1. The molecule has 30 heavy (non-hydrogen) atoms. The zero-order valence-corrected chi connectivity index (χ0v) is 17.6. The molecule has 1 aliphatic heterocycles. The Balaban J connectivity index is 1.31. The van der Waals surface area contributed by atoms with Crippen LogP contribution in [0.15, 0.2) is 47.6 Å². The Kier molecular flexibility index (Phi) is 5.81. The van der Waals surface area contributed by atoms with Gasteiger partial charge in [0.05, 0.1) is 23.6 Å². The third-order valence-electron chi connectivity index (χ3n) is 6.28. The van der Waals surface area contributed by atoms with Crippen molar-refractivity contribution >= 4 is 11.5 Å². The van der Waals surface area contributed by atoms with E-state index in [-0.39, 0.29) is 11.9 Å². The molecular weight excluding hydrogens is 379 g/mol. The largest absolute Gasteiger partial charge is 0.384 e. The summed E-state index contributed by atoms with van der Waals surface area (Å²) in [6.07, 6.45) is 7.20. The van der Waals surface area contributed by atoms with Crippen molar-refractivity contribution in [3.63, 3.8) is 0 Å². The van der Waals surface area contributed by atoms with Crippen LogP contribution in [-0.2, 0) is 13.6 Å². The van der Waals surface area contributed by atoms with Gasteiger partial charge in [0.2, 0.25) is 0 Å². The fraction of sp³-hybridized carbons (Fsp3) is 0.435. The van der Waals surface area contributed by atoms with E-state index >= 15 is 0 Å². The Morgan fingerprint density at radius 2 is 1.97 bits per heavy atom. The number of hydrogen-bond donors (Lipinski definition) is 2. The normalized spacial score (nSPS) is 24.6. The lowest BCUT2D eigenvalue weighted by molar-refractivity contribution is 0.295. The number of likely N-dealkylation sites (tertiary alicyclic amines) is 1. The van der Waals surface area contributed by atoms with Gasteiger partial charge in [-0.2, -0.15) is 5.10 Å². The van der Waals surface area contributed by atoms with E-state index in [1.807, 2.05) is 26.1 Å². The van der Waals surface area contributed by atoms with Gasteiger partial charge in [0, 0.05) is 32.2 Å². The van der Waals surface area contributed by atoms with Gasteiger partial charge in [-0.05, 0) is 55.4 Å². The maximum atomic E-state index is 13.9. The van der Waals surface area contributed by atoms with Gasteiger partial charge in [-0.3, -0.25) is 20.0 Å². The summed E-state index contributed by atoms with van der Waals surface area (Å²) in [4.78, 5) is 7.05. The summed E-state index contributed by atoms with van der Waals surface area (Å²) in [5, 5.41) is 12.4. The number of rotatable bonds is 6. The molecule has 2 unspecified atom stereocenters. The summed E-state index contributed by atoms with van der Waals surface area (Å²) >= 11 is 0. The first-order valence-electron chi connectivity index (χ1n) is 10.5. The van der Waals surface area contributed by atoms with E-state index in [1.54, 1.807) is 29.1 Å². The SMILES string of the molecule is Cc1cnn(C)c1C(=N)/C=C\C(N)=NC1CC2CN(Cc3ccccc3F)C[C@@H]2C1. The number of hydrogen-bond acceptors (Lipinski definition) is 4. The van der Waals surface area contributed by atoms with Crippen molar-refractivity contribution in [2.75, 3.05) is 13.1 Å². The van der Waals surface area contributed by atoms with E-state index in [4.69, 9.17) is 11.1 Å². The lowest BCUT2D eigenvalue weighted by Gasteiger charge is -2.18. The highest BCUT2D eigenvalue weighted by molar-refractivity contribution is 6.09. The molecule has 0 radical (unpaired) electrons. The predicted molar refractivity (Wildman–Crippen MR) is 117 cm³/mol. The second-order valence-corrected chi connectivity index (χ2v) is 8.53. The molecule has 1 saturated heterocycles. The van der Waals surface area contributed by atoms with E-state index in [9.17, 15) is 4.39 Å². The Hall–Kier alpha value is -2.80. The first kappa shape index (κ1) is 20.5. The minimum atomic E-state index is -0.122. The van der Waals surface area contributed by atoms with E-state index in [1.165, 1.54) is 6.07 Å². The fourth-order valence-electron chi connectivity index (χ4n) is 4.90. The van der Waals surface area contributed by atoms with Crippen molar-refractivity contribution in [2.24, 2.45) is 29.6 Å². The second-order valence-electron chi connectivity index (χ2n) is 8.53. The molecule has 0 spiro atoms. The lowest BCUT2D eigenvalue weighted by atomic mass is 10.0. The number of nitrogens with two attached hydrogens (primary N) is 1. The van der Waals surface area contributed by atoms with Gasteiger partial charge < -0.3 is 5.73 Å². The Labute approximate surface area is 176 Å². The zero-order chi connectivity index (χ0) is 21.3. The summed E-state index contributed by atoms with van der Waals surface area (Å²) in [6.45, 7) is 4.60. The topological polar surface area (TPSA) is 83.3 Å². The predicted octanol–water partition coefficient (Wildman–Crippen LogP) is 3.06. The zero-order valence-electron chi connectivity index (χ0n) is 17.6. The highest BCUT2D eigenvalue weighted by Gasteiger charge is 2.40. The maximum absolute atomic E-state index is 13.9. The fourth-order valence-corrected chi connectivity index (χ4v) is 4.90. The molecule has 2 aliphatic rings. The first-order chi connectivity index (χ1) is 14.4. The van der Waals surface area contributed by atoms with Crippen molar-refractivity contribution in [1.29, 1.82) is 5.41 Å². The second kappa shape index (κ2) is 8.52. The summed E-state index contributed by atoms with van der Waals surface area (Å²) in [7, 11) is 1.83. The van der Waals surface area contributed by atoms with E-state index in [0.29, 0.717) is 29.9 Å². The highest BCUT2D eigenvalue weighted by atomic mass is 19.1. The van der Waals surface area contributed by atoms with Crippen LogP contribution in [0.2, 0.25) is 0 Å². The van der Waals surface area contributed by atoms with E-state index in [0.717, 1.165) is 42.8 Å². The van der Waals surface area contributed by atoms with Gasteiger partial charge >= 0.3 is 0 Å². The monoisotopic (exact) mass is 408 g/mol. The number of nitrogens with zero attached hydrogens (tertiary/aromatic N) is 4. The maximum Gasteiger partial charge on any atom is 0.127 e. The minimum absolute atomic E-state index is 0.122. The van der Waals surface area contributed by atoms with Gasteiger partial charge in [-0.15, -0.1) is 0 Å². The van der Waals surface area contributed by atoms with Crippen LogP contribution in [0.4, 0.5) is 4.39 Å². The number of nitrogens with one attached hydrogen (secondary N) is 1. The average molecular weight is 409 g/mol. The lowest BCUT2D eigenvalue weighted by Crippen LogP contribution is -2.23. The summed E-state index contributed by atoms with van der Waals surface area (Å²) in [5.41, 5.74) is 9.01. The van der Waals surface area contributed by atoms with Crippen LogP contribution < -0.4 is 5.73 Å². The van der Waals surface area contributed by atoms with Crippen molar-refractivity contribution in [3.05, 3.63) is 65.3 Å². The van der Waals surface area contributed by atoms with Crippen LogP contribution in [0.5, 0.6) is 0 Å². The van der Waals surface area contributed by atoms with Gasteiger partial charge in [-0.25, -0.2) is 4.39 Å². The molecule has 0 amide bonds. The molecule has 3 N–H and O–H groups in total. The number of aryl methyl sites for hydroxylation is 2. The van der Waals surface area contributed by atoms with E-state index in [2.05, 4.69) is 15.0 Å². The summed E-state index contributed by atoms with van der Waals surface area (Å²) < 4.78 is 15.6. The van der Waals surface area contributed by atoms with Gasteiger partial charge in [0.15, 0.2) is 0 Å². The molecule has 3 atom stereocenters. The van der Waals surface area contributed by atoms with E-state index < -0.39 is 0 Å². The van der Waals surface area contributed by atoms with Gasteiger partial charge in [0.25, 0.3) is 0 Å². The Morgan fingerprint density at radius 1 is 1.27 bits per heavy atom. The number of benzene rings is 1. The van der Waals surface area contributed by atoms with Crippen LogP contribution in [0, 0.1) is 30.0 Å². The summed E-state index contributed by atoms with van der Waals surface area (Å²) in [5.74, 6) is 1.53. The molecule has 1 aromatic heterocycles. The van der Waals surface area contributed by atoms with Gasteiger partial charge in [0.1, 0.15) is 11.7 Å². The molecule has 1 aromatic carbocycles. The van der Waals surface area contributed by atoms with Crippen molar-refractivity contribution < 1.29 is 4.39 Å². The van der Waals surface area contributed by atoms with Crippen LogP contribution >= 0.6 is 0 Å². The molecular formula is C23H29FN6. The third kappa shape index (κ3) is 4.36. The molecule has 6 nitrogen and oxygen atoms in total. The Morgan fingerprint density at radius 3 is 2.60 bits per heavy atom. The molecule has 4 rings (SSSR count).